The molecule has 1 unspecified atom stereocenters. The van der Waals surface area contributed by atoms with E-state index >= 15 is 0 Å². The van der Waals surface area contributed by atoms with Crippen LogP contribution in [-0.4, -0.2) is 75.6 Å². The van der Waals surface area contributed by atoms with Gasteiger partial charge in [0.2, 0.25) is 0 Å². The van der Waals surface area contributed by atoms with Crippen LogP contribution >= 0.6 is 0 Å². The van der Waals surface area contributed by atoms with Gasteiger partial charge in [-0.2, -0.15) is 0 Å². The maximum atomic E-state index is 9.70. The van der Waals surface area contributed by atoms with Crippen molar-refractivity contribution in [1.29, 1.82) is 0 Å². The van der Waals surface area contributed by atoms with Crippen LogP contribution < -0.4 is 0 Å². The lowest BCUT2D eigenvalue weighted by Gasteiger charge is -2.40. The van der Waals surface area contributed by atoms with Crippen LogP contribution in [0.1, 0.15) is 19.8 Å². The third-order valence-corrected chi connectivity index (χ3v) is 2.98. The summed E-state index contributed by atoms with van der Waals surface area (Å²) in [7, 11) is 0. The molecule has 0 aromatic heterocycles. The molecule has 6 atom stereocenters. The quantitative estimate of drug-likeness (QED) is 0.376. The topological polar surface area (TPSA) is 120 Å². The summed E-state index contributed by atoms with van der Waals surface area (Å²) in [6.45, 7) is 1.31. The number of aliphatic hydroxyl groups is 5. The second-order valence-corrected chi connectivity index (χ2v) is 4.51. The van der Waals surface area contributed by atoms with E-state index in [1.165, 1.54) is 0 Å². The average Bonchev–Trinajstić information content (AvgIpc) is 2.37. The highest BCUT2D eigenvalue weighted by Crippen LogP contribution is 2.23. The van der Waals surface area contributed by atoms with Crippen molar-refractivity contribution < 1.29 is 35.0 Å². The van der Waals surface area contributed by atoms with Crippen molar-refractivity contribution in [3.05, 3.63) is 0 Å². The SMILES string of the molecule is CC(CCCO)O[C@@H]1O[C@H](CO)[C@H](O)[C@H](O)[C@H]1O. The van der Waals surface area contributed by atoms with E-state index in [4.69, 9.17) is 19.7 Å². The van der Waals surface area contributed by atoms with Crippen molar-refractivity contribution in [1.82, 2.24) is 0 Å². The molecule has 0 aliphatic carbocycles. The summed E-state index contributed by atoms with van der Waals surface area (Å²) in [6.07, 6.45) is -5.39. The van der Waals surface area contributed by atoms with Gasteiger partial charge in [-0.25, -0.2) is 0 Å². The summed E-state index contributed by atoms with van der Waals surface area (Å²) in [5.74, 6) is 0. The Bertz CT molecular complexity index is 235. The van der Waals surface area contributed by atoms with Crippen LogP contribution in [0.3, 0.4) is 0 Å². The van der Waals surface area contributed by atoms with Crippen molar-refractivity contribution in [2.45, 2.75) is 56.6 Å². The molecule has 7 heteroatoms. The van der Waals surface area contributed by atoms with Gasteiger partial charge in [-0.1, -0.05) is 0 Å². The number of ether oxygens (including phenoxy) is 2. The van der Waals surface area contributed by atoms with Gasteiger partial charge in [-0.15, -0.1) is 0 Å². The largest absolute Gasteiger partial charge is 0.396 e. The molecule has 5 N–H and O–H groups in total. The third kappa shape index (κ3) is 3.86. The van der Waals surface area contributed by atoms with Gasteiger partial charge in [-0.3, -0.25) is 0 Å². The molecule has 1 aliphatic rings. The molecule has 0 radical (unpaired) electrons. The third-order valence-electron chi connectivity index (χ3n) is 2.98. The van der Waals surface area contributed by atoms with E-state index in [2.05, 4.69) is 0 Å². The molecule has 0 saturated carbocycles. The van der Waals surface area contributed by atoms with Crippen LogP contribution in [0.25, 0.3) is 0 Å². The van der Waals surface area contributed by atoms with Gasteiger partial charge >= 0.3 is 0 Å². The normalized spacial score (nSPS) is 38.7. The fourth-order valence-corrected chi connectivity index (χ4v) is 1.86. The summed E-state index contributed by atoms with van der Waals surface area (Å²) in [6, 6.07) is 0. The van der Waals surface area contributed by atoms with Gasteiger partial charge in [0.05, 0.1) is 12.7 Å². The highest BCUT2D eigenvalue weighted by Gasteiger charge is 2.44. The predicted octanol–water partition coefficient (Wildman–Crippen LogP) is -2.04. The van der Waals surface area contributed by atoms with E-state index in [9.17, 15) is 15.3 Å². The minimum absolute atomic E-state index is 0.0440. The molecule has 1 saturated heterocycles. The van der Waals surface area contributed by atoms with Gasteiger partial charge in [0, 0.05) is 6.61 Å². The Balaban J connectivity index is 2.53. The smallest absolute Gasteiger partial charge is 0.186 e. The first-order valence-corrected chi connectivity index (χ1v) is 6.08. The number of aliphatic hydroxyl groups excluding tert-OH is 5. The van der Waals surface area contributed by atoms with E-state index in [0.29, 0.717) is 12.8 Å². The molecular formula is C11H22O7. The van der Waals surface area contributed by atoms with E-state index in [-0.39, 0.29) is 12.7 Å². The summed E-state index contributed by atoms with van der Waals surface area (Å²) in [5, 5.41) is 46.5. The zero-order chi connectivity index (χ0) is 13.7. The van der Waals surface area contributed by atoms with E-state index < -0.39 is 37.3 Å². The second kappa shape index (κ2) is 7.34. The Morgan fingerprint density at radius 3 is 2.33 bits per heavy atom. The fraction of sp³-hybridized carbons (Fsp3) is 1.00. The molecule has 0 aromatic rings. The standard InChI is InChI=1S/C11H22O7/c1-6(3-2-4-12)17-11-10(16)9(15)8(14)7(5-13)18-11/h6-16H,2-5H2,1H3/t6?,7-,8+,9+,10-,11-/m1/s1. The summed E-state index contributed by atoms with van der Waals surface area (Å²) in [5.41, 5.74) is 0. The lowest BCUT2D eigenvalue weighted by molar-refractivity contribution is -0.310. The van der Waals surface area contributed by atoms with Crippen molar-refractivity contribution in [2.75, 3.05) is 13.2 Å². The van der Waals surface area contributed by atoms with Crippen molar-refractivity contribution >= 4 is 0 Å². The summed E-state index contributed by atoms with van der Waals surface area (Å²) >= 11 is 0. The predicted molar refractivity (Wildman–Crippen MR) is 60.6 cm³/mol. The Hall–Kier alpha value is -0.280. The van der Waals surface area contributed by atoms with Gasteiger partial charge in [0.15, 0.2) is 6.29 Å². The average molecular weight is 266 g/mol. The molecule has 1 rings (SSSR count). The Labute approximate surface area is 106 Å². The summed E-state index contributed by atoms with van der Waals surface area (Å²) in [4.78, 5) is 0. The molecule has 7 nitrogen and oxygen atoms in total. The number of rotatable bonds is 6. The minimum atomic E-state index is -1.43. The Morgan fingerprint density at radius 1 is 1.11 bits per heavy atom. The van der Waals surface area contributed by atoms with Crippen molar-refractivity contribution in [3.63, 3.8) is 0 Å². The highest BCUT2D eigenvalue weighted by atomic mass is 16.7. The maximum Gasteiger partial charge on any atom is 0.186 e. The zero-order valence-electron chi connectivity index (χ0n) is 10.3. The molecular weight excluding hydrogens is 244 g/mol. The van der Waals surface area contributed by atoms with Crippen molar-refractivity contribution in [3.8, 4) is 0 Å². The van der Waals surface area contributed by atoms with Crippen LogP contribution in [0, 0.1) is 0 Å². The number of hydrogen-bond acceptors (Lipinski definition) is 7. The van der Waals surface area contributed by atoms with E-state index in [1.807, 2.05) is 0 Å². The van der Waals surface area contributed by atoms with Crippen LogP contribution in [0.2, 0.25) is 0 Å². The molecule has 0 spiro atoms. The lowest BCUT2D eigenvalue weighted by atomic mass is 9.99. The highest BCUT2D eigenvalue weighted by molar-refractivity contribution is 4.89. The number of hydrogen-bond donors (Lipinski definition) is 5. The Kier molecular flexibility index (Phi) is 6.44. The summed E-state index contributed by atoms with van der Waals surface area (Å²) < 4.78 is 10.6. The van der Waals surface area contributed by atoms with Gasteiger partial charge in [0.25, 0.3) is 0 Å². The molecule has 108 valence electrons. The Morgan fingerprint density at radius 2 is 1.78 bits per heavy atom. The van der Waals surface area contributed by atoms with Crippen molar-refractivity contribution in [2.24, 2.45) is 0 Å². The first kappa shape index (κ1) is 15.8. The zero-order valence-corrected chi connectivity index (χ0v) is 10.3. The minimum Gasteiger partial charge on any atom is -0.396 e. The van der Waals surface area contributed by atoms with Crippen LogP contribution in [0.15, 0.2) is 0 Å². The van der Waals surface area contributed by atoms with Gasteiger partial charge in [0.1, 0.15) is 24.4 Å². The van der Waals surface area contributed by atoms with Crippen LogP contribution in [-0.2, 0) is 9.47 Å². The second-order valence-electron chi connectivity index (χ2n) is 4.51. The van der Waals surface area contributed by atoms with Gasteiger partial charge < -0.3 is 35.0 Å². The molecule has 0 bridgehead atoms. The molecule has 1 heterocycles. The van der Waals surface area contributed by atoms with E-state index in [1.54, 1.807) is 6.92 Å². The van der Waals surface area contributed by atoms with E-state index in [0.717, 1.165) is 0 Å². The lowest BCUT2D eigenvalue weighted by Crippen LogP contribution is -2.59. The van der Waals surface area contributed by atoms with Gasteiger partial charge in [-0.05, 0) is 19.8 Å². The monoisotopic (exact) mass is 266 g/mol. The molecule has 0 aromatic carbocycles. The van der Waals surface area contributed by atoms with Crippen LogP contribution in [0.4, 0.5) is 0 Å². The first-order chi connectivity index (χ1) is 8.51. The molecule has 18 heavy (non-hydrogen) atoms. The molecule has 0 amide bonds. The molecule has 1 aliphatic heterocycles. The maximum absolute atomic E-state index is 9.70. The fourth-order valence-electron chi connectivity index (χ4n) is 1.86. The molecule has 1 fully saturated rings. The first-order valence-electron chi connectivity index (χ1n) is 6.08. The van der Waals surface area contributed by atoms with Crippen LogP contribution in [0.5, 0.6) is 0 Å².